The van der Waals surface area contributed by atoms with Crippen molar-refractivity contribution in [2.45, 2.75) is 45.2 Å². The average molecular weight is 353 g/mol. The number of amides is 2. The lowest BCUT2D eigenvalue weighted by Crippen LogP contribution is -2.44. The molecule has 2 amide bonds. The fourth-order valence-corrected chi connectivity index (χ4v) is 3.65. The van der Waals surface area contributed by atoms with Crippen LogP contribution in [0.15, 0.2) is 36.7 Å². The smallest absolute Gasteiger partial charge is 0.317 e. The Hall–Kier alpha value is -2.37. The second kappa shape index (κ2) is 7.89. The van der Waals surface area contributed by atoms with Crippen LogP contribution >= 0.6 is 0 Å². The Morgan fingerprint density at radius 3 is 2.58 bits per heavy atom. The molecule has 1 aliphatic carbocycles. The monoisotopic (exact) mass is 353 g/mol. The summed E-state index contributed by atoms with van der Waals surface area (Å²) in [6.07, 6.45) is 7.61. The van der Waals surface area contributed by atoms with Crippen LogP contribution in [0.3, 0.4) is 0 Å². The highest BCUT2D eigenvalue weighted by Crippen LogP contribution is 2.31. The van der Waals surface area contributed by atoms with E-state index in [2.05, 4.69) is 20.1 Å². The second-order valence-corrected chi connectivity index (χ2v) is 7.62. The lowest BCUT2D eigenvalue weighted by Gasteiger charge is -2.32. The Kier molecular flexibility index (Phi) is 5.18. The zero-order valence-corrected chi connectivity index (χ0v) is 15.2. The van der Waals surface area contributed by atoms with Crippen molar-refractivity contribution in [1.82, 2.24) is 25.0 Å². The van der Waals surface area contributed by atoms with Gasteiger partial charge >= 0.3 is 6.03 Å². The van der Waals surface area contributed by atoms with Crippen molar-refractivity contribution in [1.29, 1.82) is 0 Å². The molecule has 2 aliphatic rings. The van der Waals surface area contributed by atoms with Crippen molar-refractivity contribution in [3.63, 3.8) is 0 Å². The molecular weight excluding hydrogens is 326 g/mol. The third-order valence-electron chi connectivity index (χ3n) is 5.51. The van der Waals surface area contributed by atoms with Crippen LogP contribution in [0.25, 0.3) is 0 Å². The maximum atomic E-state index is 12.4. The van der Waals surface area contributed by atoms with Crippen LogP contribution in [0, 0.1) is 11.8 Å². The minimum Gasteiger partial charge on any atom is -0.334 e. The van der Waals surface area contributed by atoms with Crippen LogP contribution < -0.4 is 5.32 Å². The summed E-state index contributed by atoms with van der Waals surface area (Å²) in [4.78, 5) is 14.3. The molecule has 1 aromatic carbocycles. The van der Waals surface area contributed by atoms with Gasteiger partial charge < -0.3 is 14.8 Å². The SMILES string of the molecule is O=C(NCc1ccccc1)N1CCC(Cc2nncn2CC2CC2)CC1. The fraction of sp³-hybridized carbons (Fsp3) is 0.550. The number of rotatable bonds is 6. The summed E-state index contributed by atoms with van der Waals surface area (Å²) in [5.74, 6) is 2.54. The molecule has 2 fully saturated rings. The van der Waals surface area contributed by atoms with Crippen LogP contribution in [-0.2, 0) is 19.5 Å². The highest BCUT2D eigenvalue weighted by Gasteiger charge is 2.26. The molecule has 0 radical (unpaired) electrons. The fourth-order valence-electron chi connectivity index (χ4n) is 3.65. The Morgan fingerprint density at radius 1 is 1.08 bits per heavy atom. The summed E-state index contributed by atoms with van der Waals surface area (Å²) in [5.41, 5.74) is 1.13. The number of nitrogens with one attached hydrogen (secondary N) is 1. The Labute approximate surface area is 154 Å². The molecular formula is C20H27N5O. The van der Waals surface area contributed by atoms with Gasteiger partial charge in [0.05, 0.1) is 0 Å². The maximum Gasteiger partial charge on any atom is 0.317 e. The molecule has 26 heavy (non-hydrogen) atoms. The molecule has 1 N–H and O–H groups in total. The number of hydrogen-bond donors (Lipinski definition) is 1. The molecule has 1 aliphatic heterocycles. The zero-order valence-electron chi connectivity index (χ0n) is 15.2. The third-order valence-corrected chi connectivity index (χ3v) is 5.51. The highest BCUT2D eigenvalue weighted by atomic mass is 16.2. The number of nitrogens with zero attached hydrogens (tertiary/aromatic N) is 4. The van der Waals surface area contributed by atoms with E-state index < -0.39 is 0 Å². The average Bonchev–Trinajstić information content (AvgIpc) is 3.40. The van der Waals surface area contributed by atoms with Gasteiger partial charge in [0.1, 0.15) is 12.2 Å². The third kappa shape index (κ3) is 4.42. The lowest BCUT2D eigenvalue weighted by atomic mass is 9.93. The number of benzene rings is 1. The van der Waals surface area contributed by atoms with Crippen molar-refractivity contribution in [3.8, 4) is 0 Å². The first kappa shape index (κ1) is 17.1. The molecule has 1 saturated heterocycles. The molecule has 2 heterocycles. The number of carbonyl (C=O) groups is 1. The number of carbonyl (C=O) groups excluding carboxylic acids is 1. The van der Waals surface area contributed by atoms with E-state index in [1.54, 1.807) is 0 Å². The van der Waals surface area contributed by atoms with Gasteiger partial charge in [-0.3, -0.25) is 0 Å². The van der Waals surface area contributed by atoms with E-state index in [1.807, 2.05) is 41.6 Å². The van der Waals surface area contributed by atoms with Crippen LogP contribution in [0.1, 0.15) is 37.1 Å². The molecule has 138 valence electrons. The molecule has 6 nitrogen and oxygen atoms in total. The summed E-state index contributed by atoms with van der Waals surface area (Å²) in [7, 11) is 0. The number of piperidine rings is 1. The van der Waals surface area contributed by atoms with Gasteiger partial charge in [-0.2, -0.15) is 0 Å². The zero-order chi connectivity index (χ0) is 17.8. The van der Waals surface area contributed by atoms with E-state index in [4.69, 9.17) is 0 Å². The summed E-state index contributed by atoms with van der Waals surface area (Å²) in [6, 6.07) is 10.1. The molecule has 1 saturated carbocycles. The van der Waals surface area contributed by atoms with Crippen molar-refractivity contribution < 1.29 is 4.79 Å². The number of hydrogen-bond acceptors (Lipinski definition) is 3. The van der Waals surface area contributed by atoms with Crippen LogP contribution in [0.2, 0.25) is 0 Å². The van der Waals surface area contributed by atoms with Gasteiger partial charge in [-0.15, -0.1) is 10.2 Å². The molecule has 0 atom stereocenters. The number of likely N-dealkylation sites (tertiary alicyclic amines) is 1. The molecule has 0 unspecified atom stereocenters. The van der Waals surface area contributed by atoms with Crippen LogP contribution in [0.4, 0.5) is 4.79 Å². The van der Waals surface area contributed by atoms with E-state index >= 15 is 0 Å². The first-order valence-corrected chi connectivity index (χ1v) is 9.71. The topological polar surface area (TPSA) is 63.1 Å². The van der Waals surface area contributed by atoms with Gasteiger partial charge in [0.2, 0.25) is 0 Å². The van der Waals surface area contributed by atoms with Gasteiger partial charge in [-0.25, -0.2) is 4.79 Å². The highest BCUT2D eigenvalue weighted by molar-refractivity contribution is 5.74. The quantitative estimate of drug-likeness (QED) is 0.868. The normalized spacial score (nSPS) is 18.1. The second-order valence-electron chi connectivity index (χ2n) is 7.62. The Morgan fingerprint density at radius 2 is 1.85 bits per heavy atom. The van der Waals surface area contributed by atoms with Crippen molar-refractivity contribution in [2.24, 2.45) is 11.8 Å². The van der Waals surface area contributed by atoms with E-state index in [0.29, 0.717) is 12.5 Å². The first-order chi connectivity index (χ1) is 12.8. The minimum absolute atomic E-state index is 0.0456. The van der Waals surface area contributed by atoms with Gasteiger partial charge in [0, 0.05) is 32.6 Å². The lowest BCUT2D eigenvalue weighted by molar-refractivity contribution is 0.169. The Bertz CT molecular complexity index is 717. The van der Waals surface area contributed by atoms with Gasteiger partial charge in [0.25, 0.3) is 0 Å². The molecule has 0 spiro atoms. The van der Waals surface area contributed by atoms with E-state index in [-0.39, 0.29) is 6.03 Å². The predicted molar refractivity (Wildman–Crippen MR) is 99.4 cm³/mol. The first-order valence-electron chi connectivity index (χ1n) is 9.71. The van der Waals surface area contributed by atoms with Gasteiger partial charge in [-0.05, 0) is 43.1 Å². The summed E-state index contributed by atoms with van der Waals surface area (Å²) in [5, 5.41) is 11.5. The summed E-state index contributed by atoms with van der Waals surface area (Å²) >= 11 is 0. The molecule has 4 rings (SSSR count). The van der Waals surface area contributed by atoms with Crippen molar-refractivity contribution in [2.75, 3.05) is 13.1 Å². The molecule has 0 bridgehead atoms. The molecule has 1 aromatic heterocycles. The number of aromatic nitrogens is 3. The predicted octanol–water partition coefficient (Wildman–Crippen LogP) is 2.85. The molecule has 6 heteroatoms. The van der Waals surface area contributed by atoms with Crippen LogP contribution in [0.5, 0.6) is 0 Å². The minimum atomic E-state index is 0.0456. The van der Waals surface area contributed by atoms with Crippen LogP contribution in [-0.4, -0.2) is 38.8 Å². The number of urea groups is 1. The van der Waals surface area contributed by atoms with E-state index in [9.17, 15) is 4.79 Å². The largest absolute Gasteiger partial charge is 0.334 e. The summed E-state index contributed by atoms with van der Waals surface area (Å²) < 4.78 is 2.23. The van der Waals surface area contributed by atoms with Gasteiger partial charge in [0.15, 0.2) is 0 Å². The standard InChI is InChI=1S/C20H27N5O/c26-20(21-13-17-4-2-1-3-5-17)24-10-8-16(9-11-24)12-19-23-22-15-25(19)14-18-6-7-18/h1-5,15-16,18H,6-14H2,(H,21,26). The molecule has 2 aromatic rings. The van der Waals surface area contributed by atoms with Crippen molar-refractivity contribution in [3.05, 3.63) is 48.0 Å². The van der Waals surface area contributed by atoms with Crippen molar-refractivity contribution >= 4 is 6.03 Å². The maximum absolute atomic E-state index is 12.4. The van der Waals surface area contributed by atoms with E-state index in [0.717, 1.165) is 56.2 Å². The summed E-state index contributed by atoms with van der Waals surface area (Å²) in [6.45, 7) is 3.30. The Balaban J connectivity index is 1.22. The van der Waals surface area contributed by atoms with E-state index in [1.165, 1.54) is 12.8 Å². The van der Waals surface area contributed by atoms with Gasteiger partial charge in [-0.1, -0.05) is 30.3 Å².